The molecule has 2 aromatic rings. The predicted molar refractivity (Wildman–Crippen MR) is 118 cm³/mol. The van der Waals surface area contributed by atoms with Gasteiger partial charge in [0.05, 0.1) is 6.04 Å². The molecule has 1 aliphatic rings. The van der Waals surface area contributed by atoms with Crippen LogP contribution >= 0.6 is 0 Å². The van der Waals surface area contributed by atoms with Gasteiger partial charge in [-0.25, -0.2) is 9.78 Å². The Morgan fingerprint density at radius 3 is 2.53 bits per heavy atom. The second kappa shape index (κ2) is 9.28. The summed E-state index contributed by atoms with van der Waals surface area (Å²) in [6, 6.07) is 13.1. The standard InChI is InChI=1S/C24H31N3O3/c1-5-26(23(29)30-24(2,3)4)21-19(14-11-16-25-21)20-15-9-10-17-27(20)22(28)18-12-7-6-8-13-18/h6-8,11-14,16,20H,5,9-10,15,17H2,1-4H3/t20-/m0/s1. The van der Waals surface area contributed by atoms with Crippen LogP contribution in [0.2, 0.25) is 0 Å². The summed E-state index contributed by atoms with van der Waals surface area (Å²) in [7, 11) is 0. The number of amides is 2. The molecule has 1 saturated heterocycles. The van der Waals surface area contributed by atoms with E-state index < -0.39 is 11.7 Å². The highest BCUT2D eigenvalue weighted by atomic mass is 16.6. The normalized spacial score (nSPS) is 16.8. The zero-order valence-electron chi connectivity index (χ0n) is 18.3. The maximum Gasteiger partial charge on any atom is 0.415 e. The average Bonchev–Trinajstić information content (AvgIpc) is 2.73. The third kappa shape index (κ3) is 4.99. The van der Waals surface area contributed by atoms with Crippen molar-refractivity contribution in [3.63, 3.8) is 0 Å². The van der Waals surface area contributed by atoms with E-state index in [4.69, 9.17) is 4.74 Å². The van der Waals surface area contributed by atoms with Crippen molar-refractivity contribution in [1.82, 2.24) is 9.88 Å². The summed E-state index contributed by atoms with van der Waals surface area (Å²) in [5.74, 6) is 0.572. The van der Waals surface area contributed by atoms with Gasteiger partial charge in [-0.05, 0) is 65.2 Å². The molecule has 1 aromatic heterocycles. The summed E-state index contributed by atoms with van der Waals surface area (Å²) in [4.78, 5) is 34.1. The van der Waals surface area contributed by atoms with Crippen molar-refractivity contribution in [1.29, 1.82) is 0 Å². The van der Waals surface area contributed by atoms with Gasteiger partial charge in [0.25, 0.3) is 5.91 Å². The Bertz CT molecular complexity index is 877. The number of benzene rings is 1. The first-order chi connectivity index (χ1) is 14.3. The molecular formula is C24H31N3O3. The smallest absolute Gasteiger partial charge is 0.415 e. The van der Waals surface area contributed by atoms with Crippen LogP contribution in [0.4, 0.5) is 10.6 Å². The van der Waals surface area contributed by atoms with Crippen LogP contribution < -0.4 is 4.90 Å². The molecular weight excluding hydrogens is 378 g/mol. The van der Waals surface area contributed by atoms with E-state index in [-0.39, 0.29) is 11.9 Å². The van der Waals surface area contributed by atoms with Gasteiger partial charge in [-0.2, -0.15) is 0 Å². The van der Waals surface area contributed by atoms with Gasteiger partial charge in [0.1, 0.15) is 11.4 Å². The molecule has 160 valence electrons. The fourth-order valence-electron chi connectivity index (χ4n) is 3.82. The lowest BCUT2D eigenvalue weighted by Gasteiger charge is -2.38. The Kier molecular flexibility index (Phi) is 6.75. The second-order valence-electron chi connectivity index (χ2n) is 8.52. The number of hydrogen-bond donors (Lipinski definition) is 0. The van der Waals surface area contributed by atoms with Crippen LogP contribution in [0.5, 0.6) is 0 Å². The Morgan fingerprint density at radius 2 is 1.87 bits per heavy atom. The van der Waals surface area contributed by atoms with Crippen molar-refractivity contribution >= 4 is 17.8 Å². The molecule has 2 heterocycles. The lowest BCUT2D eigenvalue weighted by molar-refractivity contribution is 0.0579. The number of aromatic nitrogens is 1. The van der Waals surface area contributed by atoms with Crippen LogP contribution in [0.3, 0.4) is 0 Å². The van der Waals surface area contributed by atoms with E-state index in [0.717, 1.165) is 24.8 Å². The molecule has 3 rings (SSSR count). The maximum absolute atomic E-state index is 13.3. The number of carbonyl (C=O) groups excluding carboxylic acids is 2. The molecule has 1 atom stereocenters. The molecule has 2 amide bonds. The SMILES string of the molecule is CCN(C(=O)OC(C)(C)C)c1ncccc1[C@@H]1CCCCN1C(=O)c1ccccc1. The van der Waals surface area contributed by atoms with Gasteiger partial charge in [0.2, 0.25) is 0 Å². The van der Waals surface area contributed by atoms with Crippen LogP contribution in [0.15, 0.2) is 48.7 Å². The van der Waals surface area contributed by atoms with Crippen molar-refractivity contribution in [3.05, 3.63) is 59.8 Å². The van der Waals surface area contributed by atoms with Crippen molar-refractivity contribution in [2.45, 2.75) is 58.6 Å². The van der Waals surface area contributed by atoms with Gasteiger partial charge in [-0.3, -0.25) is 9.69 Å². The highest BCUT2D eigenvalue weighted by molar-refractivity contribution is 5.95. The van der Waals surface area contributed by atoms with Gasteiger partial charge < -0.3 is 9.64 Å². The third-order valence-electron chi connectivity index (χ3n) is 5.15. The highest BCUT2D eigenvalue weighted by Crippen LogP contribution is 2.36. The number of hydrogen-bond acceptors (Lipinski definition) is 4. The van der Waals surface area contributed by atoms with E-state index >= 15 is 0 Å². The minimum atomic E-state index is -0.598. The average molecular weight is 410 g/mol. The topological polar surface area (TPSA) is 62.7 Å². The van der Waals surface area contributed by atoms with Gasteiger partial charge >= 0.3 is 6.09 Å². The summed E-state index contributed by atoms with van der Waals surface area (Å²) in [6.45, 7) is 8.55. The van der Waals surface area contributed by atoms with Crippen LogP contribution in [0.25, 0.3) is 0 Å². The second-order valence-corrected chi connectivity index (χ2v) is 8.52. The summed E-state index contributed by atoms with van der Waals surface area (Å²) >= 11 is 0. The molecule has 0 spiro atoms. The molecule has 6 heteroatoms. The quantitative estimate of drug-likeness (QED) is 0.695. The molecule has 1 aromatic carbocycles. The van der Waals surface area contributed by atoms with Crippen molar-refractivity contribution in [2.75, 3.05) is 18.0 Å². The first-order valence-electron chi connectivity index (χ1n) is 10.6. The fourth-order valence-corrected chi connectivity index (χ4v) is 3.82. The minimum Gasteiger partial charge on any atom is -0.443 e. The lowest BCUT2D eigenvalue weighted by atomic mass is 9.94. The third-order valence-corrected chi connectivity index (χ3v) is 5.15. The zero-order valence-corrected chi connectivity index (χ0v) is 18.3. The Balaban J connectivity index is 1.96. The van der Waals surface area contributed by atoms with Crippen LogP contribution in [0.1, 0.15) is 68.9 Å². The molecule has 0 saturated carbocycles. The molecule has 0 bridgehead atoms. The predicted octanol–water partition coefficient (Wildman–Crippen LogP) is 5.21. The number of carbonyl (C=O) groups is 2. The Hall–Kier alpha value is -2.89. The van der Waals surface area contributed by atoms with Gasteiger partial charge in [0.15, 0.2) is 0 Å². The van der Waals surface area contributed by atoms with Gasteiger partial charge in [-0.15, -0.1) is 0 Å². The number of rotatable bonds is 4. The van der Waals surface area contributed by atoms with E-state index in [1.54, 1.807) is 11.1 Å². The molecule has 6 nitrogen and oxygen atoms in total. The lowest BCUT2D eigenvalue weighted by Crippen LogP contribution is -2.41. The van der Waals surface area contributed by atoms with Crippen molar-refractivity contribution < 1.29 is 14.3 Å². The molecule has 30 heavy (non-hydrogen) atoms. The maximum atomic E-state index is 13.3. The van der Waals surface area contributed by atoms with E-state index in [1.165, 1.54) is 0 Å². The molecule has 0 radical (unpaired) electrons. The molecule has 0 N–H and O–H groups in total. The van der Waals surface area contributed by atoms with Crippen molar-refractivity contribution in [2.24, 2.45) is 0 Å². The summed E-state index contributed by atoms with van der Waals surface area (Å²) in [5.41, 5.74) is 0.961. The molecule has 0 unspecified atom stereocenters. The first kappa shape index (κ1) is 21.8. The van der Waals surface area contributed by atoms with Crippen LogP contribution in [-0.2, 0) is 4.74 Å². The van der Waals surface area contributed by atoms with E-state index in [0.29, 0.717) is 24.5 Å². The van der Waals surface area contributed by atoms with Crippen LogP contribution in [0, 0.1) is 0 Å². The first-order valence-corrected chi connectivity index (χ1v) is 10.6. The van der Waals surface area contributed by atoms with E-state index in [1.807, 2.05) is 75.1 Å². The fraction of sp³-hybridized carbons (Fsp3) is 0.458. The van der Waals surface area contributed by atoms with Crippen LogP contribution in [-0.4, -0.2) is 40.6 Å². The van der Waals surface area contributed by atoms with E-state index in [2.05, 4.69) is 4.98 Å². The zero-order chi connectivity index (χ0) is 21.7. The van der Waals surface area contributed by atoms with E-state index in [9.17, 15) is 9.59 Å². The number of ether oxygens (including phenoxy) is 1. The molecule has 0 aliphatic carbocycles. The Labute approximate surface area is 178 Å². The number of piperidine rings is 1. The van der Waals surface area contributed by atoms with Gasteiger partial charge in [0, 0.05) is 30.4 Å². The van der Waals surface area contributed by atoms with Crippen molar-refractivity contribution in [3.8, 4) is 0 Å². The summed E-state index contributed by atoms with van der Waals surface area (Å²) < 4.78 is 5.60. The Morgan fingerprint density at radius 1 is 1.13 bits per heavy atom. The summed E-state index contributed by atoms with van der Waals surface area (Å²) in [5, 5.41) is 0. The minimum absolute atomic E-state index is 0.00965. The molecule has 1 aliphatic heterocycles. The monoisotopic (exact) mass is 409 g/mol. The molecule has 1 fully saturated rings. The number of nitrogens with zero attached hydrogens (tertiary/aromatic N) is 3. The number of pyridine rings is 1. The number of anilines is 1. The van der Waals surface area contributed by atoms with Gasteiger partial charge in [-0.1, -0.05) is 24.3 Å². The highest BCUT2D eigenvalue weighted by Gasteiger charge is 2.33. The largest absolute Gasteiger partial charge is 0.443 e. The number of likely N-dealkylation sites (tertiary alicyclic amines) is 1. The summed E-state index contributed by atoms with van der Waals surface area (Å²) in [6.07, 6.45) is 4.08.